The van der Waals surface area contributed by atoms with Gasteiger partial charge in [0.2, 0.25) is 11.8 Å². The van der Waals surface area contributed by atoms with E-state index in [4.69, 9.17) is 4.98 Å². The van der Waals surface area contributed by atoms with Crippen molar-refractivity contribution >= 4 is 28.5 Å². The summed E-state index contributed by atoms with van der Waals surface area (Å²) >= 11 is 0. The molecule has 2 amide bonds. The van der Waals surface area contributed by atoms with Crippen molar-refractivity contribution in [3.63, 3.8) is 0 Å². The maximum absolute atomic E-state index is 12.7. The van der Waals surface area contributed by atoms with E-state index in [0.29, 0.717) is 5.69 Å². The molecule has 32 heavy (non-hydrogen) atoms. The average molecular weight is 427 g/mol. The second-order valence-corrected chi connectivity index (χ2v) is 7.98. The predicted octanol–water partition coefficient (Wildman–Crippen LogP) is 4.75. The van der Waals surface area contributed by atoms with Gasteiger partial charge in [-0.15, -0.1) is 0 Å². The predicted molar refractivity (Wildman–Crippen MR) is 127 cm³/mol. The zero-order valence-electron chi connectivity index (χ0n) is 18.4. The first kappa shape index (κ1) is 21.3. The quantitative estimate of drug-likeness (QED) is 0.467. The maximum atomic E-state index is 12.7. The van der Waals surface area contributed by atoms with Gasteiger partial charge in [-0.2, -0.15) is 0 Å². The van der Waals surface area contributed by atoms with Crippen molar-refractivity contribution in [3.8, 4) is 11.4 Å². The van der Waals surface area contributed by atoms with Crippen molar-refractivity contribution in [2.24, 2.45) is 7.05 Å². The molecule has 0 fully saturated rings. The minimum atomic E-state index is -0.382. The van der Waals surface area contributed by atoms with Crippen molar-refractivity contribution in [2.45, 2.75) is 26.3 Å². The molecule has 0 spiro atoms. The molecule has 0 saturated heterocycles. The van der Waals surface area contributed by atoms with Crippen LogP contribution in [0.2, 0.25) is 0 Å². The van der Waals surface area contributed by atoms with Crippen LogP contribution in [-0.4, -0.2) is 21.4 Å². The Bertz CT molecular complexity index is 1260. The highest BCUT2D eigenvalue weighted by Gasteiger charge is 2.17. The van der Waals surface area contributed by atoms with Crippen LogP contribution in [0.5, 0.6) is 0 Å². The first-order valence-electron chi connectivity index (χ1n) is 10.6. The van der Waals surface area contributed by atoms with Crippen LogP contribution in [0.1, 0.15) is 30.5 Å². The van der Waals surface area contributed by atoms with E-state index < -0.39 is 0 Å². The molecule has 2 N–H and O–H groups in total. The monoisotopic (exact) mass is 426 g/mol. The number of amides is 2. The van der Waals surface area contributed by atoms with Gasteiger partial charge in [0.05, 0.1) is 23.5 Å². The molecule has 0 saturated carbocycles. The van der Waals surface area contributed by atoms with E-state index in [-0.39, 0.29) is 24.3 Å². The first-order chi connectivity index (χ1) is 15.4. The molecule has 162 valence electrons. The fourth-order valence-electron chi connectivity index (χ4n) is 3.80. The minimum Gasteiger partial charge on any atom is -0.349 e. The van der Waals surface area contributed by atoms with Crippen LogP contribution in [0.25, 0.3) is 22.4 Å². The number of carbonyl (C=O) groups is 2. The van der Waals surface area contributed by atoms with Gasteiger partial charge in [-0.25, -0.2) is 4.98 Å². The number of imidazole rings is 1. The largest absolute Gasteiger partial charge is 0.349 e. The molecular weight excluding hydrogens is 400 g/mol. The van der Waals surface area contributed by atoms with Crippen LogP contribution in [0.15, 0.2) is 72.8 Å². The van der Waals surface area contributed by atoms with Gasteiger partial charge in [0.15, 0.2) is 0 Å². The minimum absolute atomic E-state index is 0.148. The van der Waals surface area contributed by atoms with Crippen LogP contribution < -0.4 is 10.6 Å². The average Bonchev–Trinajstić information content (AvgIpc) is 3.11. The van der Waals surface area contributed by atoms with E-state index in [9.17, 15) is 9.59 Å². The Morgan fingerprint density at radius 1 is 0.969 bits per heavy atom. The highest BCUT2D eigenvalue weighted by Crippen LogP contribution is 2.25. The fraction of sp³-hybridized carbons (Fsp3) is 0.192. The van der Waals surface area contributed by atoms with Crippen LogP contribution in [0.3, 0.4) is 0 Å². The Labute approximate surface area is 187 Å². The van der Waals surface area contributed by atoms with E-state index in [2.05, 4.69) is 15.2 Å². The van der Waals surface area contributed by atoms with Gasteiger partial charge in [-0.05, 0) is 48.9 Å². The summed E-state index contributed by atoms with van der Waals surface area (Å²) in [4.78, 5) is 29.1. The first-order valence-corrected chi connectivity index (χ1v) is 10.6. The molecule has 6 nitrogen and oxygen atoms in total. The standard InChI is InChI=1S/C26H26N4O2/c1-17-8-10-19(11-9-17)23(27-18(2)31)16-25(32)28-21-14-12-20(13-15-21)26-29-22-6-4-5-7-24(22)30(26)3/h4-15,23H,16H2,1-3H3,(H,27,31)(H,28,32). The van der Waals surface area contributed by atoms with Gasteiger partial charge >= 0.3 is 0 Å². The lowest BCUT2D eigenvalue weighted by atomic mass is 10.0. The van der Waals surface area contributed by atoms with Crippen molar-refractivity contribution < 1.29 is 9.59 Å². The number of carbonyl (C=O) groups excluding carboxylic acids is 2. The molecule has 0 bridgehead atoms. The van der Waals surface area contributed by atoms with Crippen LogP contribution in [0.4, 0.5) is 5.69 Å². The van der Waals surface area contributed by atoms with Crippen molar-refractivity contribution in [3.05, 3.63) is 83.9 Å². The fourth-order valence-corrected chi connectivity index (χ4v) is 3.80. The summed E-state index contributed by atoms with van der Waals surface area (Å²) in [6, 6.07) is 23.1. The molecule has 6 heteroatoms. The smallest absolute Gasteiger partial charge is 0.226 e. The normalized spacial score (nSPS) is 11.8. The number of nitrogens with zero attached hydrogens (tertiary/aromatic N) is 2. The van der Waals surface area contributed by atoms with Crippen molar-refractivity contribution in [1.82, 2.24) is 14.9 Å². The zero-order valence-corrected chi connectivity index (χ0v) is 18.4. The molecular formula is C26H26N4O2. The number of aryl methyl sites for hydroxylation is 2. The number of hydrogen-bond donors (Lipinski definition) is 2. The second-order valence-electron chi connectivity index (χ2n) is 7.98. The lowest BCUT2D eigenvalue weighted by Crippen LogP contribution is -2.29. The summed E-state index contributed by atoms with van der Waals surface area (Å²) in [6.07, 6.45) is 0.148. The summed E-state index contributed by atoms with van der Waals surface area (Å²) in [7, 11) is 1.99. The second kappa shape index (κ2) is 9.06. The Hall–Kier alpha value is -3.93. The third kappa shape index (κ3) is 4.70. The Balaban J connectivity index is 1.47. The molecule has 0 aliphatic rings. The number of benzene rings is 3. The third-order valence-electron chi connectivity index (χ3n) is 5.46. The SMILES string of the molecule is CC(=O)NC(CC(=O)Nc1ccc(-c2nc3ccccc3n2C)cc1)c1ccc(C)cc1. The highest BCUT2D eigenvalue weighted by molar-refractivity contribution is 5.92. The molecule has 1 atom stereocenters. The summed E-state index contributed by atoms with van der Waals surface area (Å²) in [5.74, 6) is 0.532. The van der Waals surface area contributed by atoms with Crippen LogP contribution in [0, 0.1) is 6.92 Å². The molecule has 0 aliphatic carbocycles. The lowest BCUT2D eigenvalue weighted by molar-refractivity contribution is -0.120. The van der Waals surface area contributed by atoms with Gasteiger partial charge in [0.25, 0.3) is 0 Å². The van der Waals surface area contributed by atoms with Crippen molar-refractivity contribution in [1.29, 1.82) is 0 Å². The molecule has 4 rings (SSSR count). The molecule has 0 radical (unpaired) electrons. The van der Waals surface area contributed by atoms with Crippen LogP contribution in [-0.2, 0) is 16.6 Å². The van der Waals surface area contributed by atoms with E-state index in [0.717, 1.165) is 33.5 Å². The molecule has 0 aliphatic heterocycles. The Morgan fingerprint density at radius 3 is 2.31 bits per heavy atom. The van der Waals surface area contributed by atoms with Gasteiger partial charge in [-0.3, -0.25) is 9.59 Å². The zero-order chi connectivity index (χ0) is 22.7. The number of anilines is 1. The third-order valence-corrected chi connectivity index (χ3v) is 5.46. The molecule has 3 aromatic carbocycles. The highest BCUT2D eigenvalue weighted by atomic mass is 16.2. The number of fused-ring (bicyclic) bond motifs is 1. The Kier molecular flexibility index (Phi) is 6.03. The lowest BCUT2D eigenvalue weighted by Gasteiger charge is -2.18. The molecule has 4 aromatic rings. The summed E-state index contributed by atoms with van der Waals surface area (Å²) < 4.78 is 2.06. The summed E-state index contributed by atoms with van der Waals surface area (Å²) in [5.41, 5.74) is 5.71. The maximum Gasteiger partial charge on any atom is 0.226 e. The molecule has 1 aromatic heterocycles. The van der Waals surface area contributed by atoms with E-state index in [1.807, 2.05) is 86.8 Å². The van der Waals surface area contributed by atoms with Gasteiger partial charge in [-0.1, -0.05) is 42.0 Å². The molecule has 1 heterocycles. The number of aromatic nitrogens is 2. The van der Waals surface area contributed by atoms with Gasteiger partial charge < -0.3 is 15.2 Å². The van der Waals surface area contributed by atoms with E-state index >= 15 is 0 Å². The van der Waals surface area contributed by atoms with Gasteiger partial charge in [0.1, 0.15) is 5.82 Å². The molecule has 1 unspecified atom stereocenters. The summed E-state index contributed by atoms with van der Waals surface area (Å²) in [5, 5.41) is 5.80. The summed E-state index contributed by atoms with van der Waals surface area (Å²) in [6.45, 7) is 3.46. The van der Waals surface area contributed by atoms with Crippen molar-refractivity contribution in [2.75, 3.05) is 5.32 Å². The van der Waals surface area contributed by atoms with E-state index in [1.165, 1.54) is 6.92 Å². The van der Waals surface area contributed by atoms with Crippen LogP contribution >= 0.6 is 0 Å². The number of nitrogens with one attached hydrogen (secondary N) is 2. The number of rotatable bonds is 6. The van der Waals surface area contributed by atoms with Gasteiger partial charge in [0, 0.05) is 25.2 Å². The Morgan fingerprint density at radius 2 is 1.66 bits per heavy atom. The number of para-hydroxylation sites is 2. The van der Waals surface area contributed by atoms with E-state index in [1.54, 1.807) is 0 Å². The topological polar surface area (TPSA) is 76.0 Å². The number of hydrogen-bond acceptors (Lipinski definition) is 3.